The van der Waals surface area contributed by atoms with Gasteiger partial charge in [0.05, 0.1) is 16.6 Å². The predicted octanol–water partition coefficient (Wildman–Crippen LogP) is 4.43. The third-order valence-corrected chi connectivity index (χ3v) is 4.44. The molecule has 2 aromatic carbocycles. The van der Waals surface area contributed by atoms with Gasteiger partial charge in [0.15, 0.2) is 0 Å². The second-order valence-corrected chi connectivity index (χ2v) is 5.65. The van der Waals surface area contributed by atoms with E-state index in [0.717, 1.165) is 21.8 Å². The summed E-state index contributed by atoms with van der Waals surface area (Å²) in [5.74, 6) is 0. The van der Waals surface area contributed by atoms with Gasteiger partial charge in [-0.15, -0.1) is 0 Å². The Morgan fingerprint density at radius 2 is 1.68 bits per heavy atom. The van der Waals surface area contributed by atoms with Gasteiger partial charge in [-0.05, 0) is 18.2 Å². The molecule has 0 fully saturated rings. The van der Waals surface area contributed by atoms with Gasteiger partial charge in [0.2, 0.25) is 0 Å². The summed E-state index contributed by atoms with van der Waals surface area (Å²) in [5.41, 5.74) is 3.29. The van der Waals surface area contributed by atoms with Crippen molar-refractivity contribution in [3.8, 4) is 0 Å². The van der Waals surface area contributed by atoms with Crippen LogP contribution in [0.5, 0.6) is 0 Å². The number of hydrogen-bond acceptors (Lipinski definition) is 2. The van der Waals surface area contributed by atoms with Crippen LogP contribution in [-0.4, -0.2) is 14.5 Å². The average Bonchev–Trinajstić information content (AvgIpc) is 2.96. The molecule has 3 heterocycles. The van der Waals surface area contributed by atoms with Crippen LogP contribution in [0.25, 0.3) is 43.5 Å². The molecule has 0 radical (unpaired) electrons. The molecular formula is C19H13N3. The monoisotopic (exact) mass is 283 g/mol. The summed E-state index contributed by atoms with van der Waals surface area (Å²) in [4.78, 5) is 9.26. The molecule has 0 aliphatic heterocycles. The minimum Gasteiger partial charge on any atom is -0.350 e. The zero-order chi connectivity index (χ0) is 14.7. The van der Waals surface area contributed by atoms with E-state index in [1.165, 1.54) is 21.7 Å². The second kappa shape index (κ2) is 4.04. The van der Waals surface area contributed by atoms with Crippen LogP contribution in [0, 0.1) is 0 Å². The summed E-state index contributed by atoms with van der Waals surface area (Å²) >= 11 is 0. The van der Waals surface area contributed by atoms with Crippen LogP contribution in [0.4, 0.5) is 0 Å². The summed E-state index contributed by atoms with van der Waals surface area (Å²) in [6.07, 6.45) is 5.94. The predicted molar refractivity (Wildman–Crippen MR) is 91.0 cm³/mol. The first-order chi connectivity index (χ1) is 10.8. The maximum Gasteiger partial charge on any atom is 0.0802 e. The SMILES string of the molecule is Cn1ccc2c3ncccc3c3cnc4ccccc4c3c21. The lowest BCUT2D eigenvalue weighted by Crippen LogP contribution is -1.91. The van der Waals surface area contributed by atoms with E-state index in [1.807, 2.05) is 24.5 Å². The number of rotatable bonds is 0. The molecule has 0 saturated carbocycles. The highest BCUT2D eigenvalue weighted by molar-refractivity contribution is 6.29. The highest BCUT2D eigenvalue weighted by Crippen LogP contribution is 2.37. The number of fused-ring (bicyclic) bond motifs is 8. The maximum atomic E-state index is 4.64. The first-order valence-electron chi connectivity index (χ1n) is 7.34. The normalized spacial score (nSPS) is 11.9. The van der Waals surface area contributed by atoms with Crippen LogP contribution in [-0.2, 0) is 7.05 Å². The van der Waals surface area contributed by atoms with E-state index in [-0.39, 0.29) is 0 Å². The molecule has 5 aromatic rings. The Morgan fingerprint density at radius 3 is 2.64 bits per heavy atom. The third kappa shape index (κ3) is 1.35. The quantitative estimate of drug-likeness (QED) is 0.394. The Balaban J connectivity index is 2.25. The zero-order valence-corrected chi connectivity index (χ0v) is 12.1. The molecule has 3 nitrogen and oxygen atoms in total. The van der Waals surface area contributed by atoms with E-state index < -0.39 is 0 Å². The van der Waals surface area contributed by atoms with Gasteiger partial charge in [-0.25, -0.2) is 0 Å². The fourth-order valence-electron chi connectivity index (χ4n) is 3.47. The lowest BCUT2D eigenvalue weighted by Gasteiger charge is -2.10. The molecule has 0 N–H and O–H groups in total. The molecule has 5 rings (SSSR count). The summed E-state index contributed by atoms with van der Waals surface area (Å²) in [6.45, 7) is 0. The fraction of sp³-hybridized carbons (Fsp3) is 0.0526. The van der Waals surface area contributed by atoms with Gasteiger partial charge in [0.25, 0.3) is 0 Å². The van der Waals surface area contributed by atoms with Crippen molar-refractivity contribution in [2.45, 2.75) is 0 Å². The highest BCUT2D eigenvalue weighted by Gasteiger charge is 2.14. The standard InChI is InChI=1S/C19H13N3/c1-22-10-8-14-18-12(6-4-9-20-18)15-11-21-16-7-3-2-5-13(16)17(15)19(14)22/h2-11H,1H3. The van der Waals surface area contributed by atoms with Crippen molar-refractivity contribution >= 4 is 43.5 Å². The van der Waals surface area contributed by atoms with Crippen molar-refractivity contribution in [3.05, 3.63) is 61.1 Å². The molecule has 0 atom stereocenters. The van der Waals surface area contributed by atoms with Crippen molar-refractivity contribution in [1.82, 2.24) is 14.5 Å². The molecule has 3 heteroatoms. The van der Waals surface area contributed by atoms with E-state index in [0.29, 0.717) is 0 Å². The molecule has 0 aliphatic carbocycles. The number of nitrogens with zero attached hydrogens (tertiary/aromatic N) is 3. The van der Waals surface area contributed by atoms with E-state index in [2.05, 4.69) is 58.1 Å². The van der Waals surface area contributed by atoms with Crippen LogP contribution in [0.1, 0.15) is 0 Å². The van der Waals surface area contributed by atoms with Gasteiger partial charge >= 0.3 is 0 Å². The Morgan fingerprint density at radius 1 is 0.818 bits per heavy atom. The number of pyridine rings is 2. The third-order valence-electron chi connectivity index (χ3n) is 4.44. The van der Waals surface area contributed by atoms with Gasteiger partial charge in [-0.2, -0.15) is 0 Å². The minimum absolute atomic E-state index is 1.03. The van der Waals surface area contributed by atoms with Crippen LogP contribution < -0.4 is 0 Å². The molecule has 104 valence electrons. The van der Waals surface area contributed by atoms with Crippen LogP contribution in [0.15, 0.2) is 61.1 Å². The number of para-hydroxylation sites is 1. The van der Waals surface area contributed by atoms with E-state index in [9.17, 15) is 0 Å². The average molecular weight is 283 g/mol. The van der Waals surface area contributed by atoms with Gasteiger partial charge in [0, 0.05) is 52.6 Å². The topological polar surface area (TPSA) is 30.7 Å². The number of aromatic nitrogens is 3. The molecule has 0 spiro atoms. The van der Waals surface area contributed by atoms with Gasteiger partial charge in [-0.1, -0.05) is 24.3 Å². The number of benzene rings is 2. The smallest absolute Gasteiger partial charge is 0.0802 e. The van der Waals surface area contributed by atoms with Crippen molar-refractivity contribution in [2.75, 3.05) is 0 Å². The van der Waals surface area contributed by atoms with Crippen LogP contribution in [0.2, 0.25) is 0 Å². The molecule has 3 aromatic heterocycles. The van der Waals surface area contributed by atoms with E-state index >= 15 is 0 Å². The lowest BCUT2D eigenvalue weighted by molar-refractivity contribution is 0.973. The minimum atomic E-state index is 1.03. The molecule has 22 heavy (non-hydrogen) atoms. The summed E-state index contributed by atoms with van der Waals surface area (Å²) < 4.78 is 2.18. The Labute approximate surface area is 126 Å². The second-order valence-electron chi connectivity index (χ2n) is 5.65. The maximum absolute atomic E-state index is 4.64. The number of hydrogen-bond donors (Lipinski definition) is 0. The van der Waals surface area contributed by atoms with Gasteiger partial charge < -0.3 is 4.57 Å². The van der Waals surface area contributed by atoms with Crippen molar-refractivity contribution in [1.29, 1.82) is 0 Å². The van der Waals surface area contributed by atoms with Gasteiger partial charge in [-0.3, -0.25) is 9.97 Å². The molecule has 0 unspecified atom stereocenters. The lowest BCUT2D eigenvalue weighted by atomic mass is 9.99. The summed E-state index contributed by atoms with van der Waals surface area (Å²) in [5, 5.41) is 5.97. The Hall–Kier alpha value is -2.94. The molecule has 0 bridgehead atoms. The van der Waals surface area contributed by atoms with Crippen molar-refractivity contribution in [2.24, 2.45) is 7.05 Å². The molecule has 0 amide bonds. The molecule has 0 aliphatic rings. The van der Waals surface area contributed by atoms with Crippen molar-refractivity contribution in [3.63, 3.8) is 0 Å². The van der Waals surface area contributed by atoms with E-state index in [1.54, 1.807) is 0 Å². The Kier molecular flexibility index (Phi) is 2.15. The Bertz CT molecular complexity index is 1190. The first kappa shape index (κ1) is 11.7. The number of aryl methyl sites for hydroxylation is 1. The van der Waals surface area contributed by atoms with Gasteiger partial charge in [0.1, 0.15) is 0 Å². The molecular weight excluding hydrogens is 270 g/mol. The van der Waals surface area contributed by atoms with Crippen LogP contribution in [0.3, 0.4) is 0 Å². The first-order valence-corrected chi connectivity index (χ1v) is 7.34. The summed E-state index contributed by atoms with van der Waals surface area (Å²) in [7, 11) is 2.09. The largest absolute Gasteiger partial charge is 0.350 e. The highest BCUT2D eigenvalue weighted by atomic mass is 14.9. The molecule has 0 saturated heterocycles. The van der Waals surface area contributed by atoms with Crippen LogP contribution >= 0.6 is 0 Å². The van der Waals surface area contributed by atoms with Crippen molar-refractivity contribution < 1.29 is 0 Å². The fourth-order valence-corrected chi connectivity index (χ4v) is 3.47. The van der Waals surface area contributed by atoms with E-state index in [4.69, 9.17) is 0 Å². The zero-order valence-electron chi connectivity index (χ0n) is 12.1. The summed E-state index contributed by atoms with van der Waals surface area (Å²) in [6, 6.07) is 14.6.